The van der Waals surface area contributed by atoms with E-state index in [4.69, 9.17) is 14.3 Å². The normalized spacial score (nSPS) is 14.8. The fourth-order valence-electron chi connectivity index (χ4n) is 2.52. The maximum Gasteiger partial charge on any atom is 0.470 e. The highest BCUT2D eigenvalue weighted by Gasteiger charge is 2.30. The number of phenolic OH excluding ortho intramolecular Hbond substituents is 1. The van der Waals surface area contributed by atoms with E-state index in [0.717, 1.165) is 11.1 Å². The number of benzene rings is 1. The Morgan fingerprint density at radius 2 is 1.43 bits per heavy atom. The van der Waals surface area contributed by atoms with E-state index in [1.165, 1.54) is 0 Å². The highest BCUT2D eigenvalue weighted by molar-refractivity contribution is 7.46. The molecule has 1 unspecified atom stereocenters. The van der Waals surface area contributed by atoms with Crippen LogP contribution in [0.2, 0.25) is 0 Å². The highest BCUT2D eigenvalue weighted by Crippen LogP contribution is 2.46. The fraction of sp³-hybridized carbons (Fsp3) is 0.647. The van der Waals surface area contributed by atoms with E-state index in [0.29, 0.717) is 12.0 Å². The Labute approximate surface area is 138 Å². The smallest absolute Gasteiger partial charge is 0.470 e. The molecule has 0 aliphatic rings. The molecule has 3 N–H and O–H groups in total. The molecule has 0 bridgehead atoms. The second-order valence-corrected chi connectivity index (χ2v) is 9.15. The Hall–Kier alpha value is -0.870. The number of phosphoric ester groups is 1. The van der Waals surface area contributed by atoms with Gasteiger partial charge in [0.15, 0.2) is 0 Å². The van der Waals surface area contributed by atoms with Crippen molar-refractivity contribution < 1.29 is 24.0 Å². The van der Waals surface area contributed by atoms with Gasteiger partial charge in [-0.25, -0.2) is 4.57 Å². The Bertz CT molecular complexity index is 569. The molecule has 1 aromatic rings. The van der Waals surface area contributed by atoms with E-state index in [1.807, 2.05) is 41.5 Å². The average molecular weight is 344 g/mol. The zero-order chi connectivity index (χ0) is 18.2. The Morgan fingerprint density at radius 1 is 1.04 bits per heavy atom. The van der Waals surface area contributed by atoms with Crippen molar-refractivity contribution in [1.82, 2.24) is 0 Å². The van der Waals surface area contributed by atoms with Crippen LogP contribution in [0.15, 0.2) is 12.1 Å². The largest absolute Gasteiger partial charge is 0.507 e. The van der Waals surface area contributed by atoms with Gasteiger partial charge in [-0.2, -0.15) is 0 Å². The van der Waals surface area contributed by atoms with E-state index in [2.05, 4.69) is 0 Å². The van der Waals surface area contributed by atoms with Gasteiger partial charge in [-0.1, -0.05) is 48.5 Å². The number of phenols is 1. The van der Waals surface area contributed by atoms with Gasteiger partial charge in [-0.05, 0) is 46.1 Å². The highest BCUT2D eigenvalue weighted by atomic mass is 31.2. The fourth-order valence-corrected chi connectivity index (χ4v) is 3.13. The molecule has 5 nitrogen and oxygen atoms in total. The van der Waals surface area contributed by atoms with E-state index in [1.54, 1.807) is 19.1 Å². The molecule has 1 aromatic carbocycles. The van der Waals surface area contributed by atoms with Crippen LogP contribution in [0.4, 0.5) is 0 Å². The molecule has 0 radical (unpaired) electrons. The average Bonchev–Trinajstić information content (AvgIpc) is 2.32. The zero-order valence-corrected chi connectivity index (χ0v) is 15.9. The van der Waals surface area contributed by atoms with Crippen LogP contribution in [0, 0.1) is 0 Å². The third-order valence-corrected chi connectivity index (χ3v) is 4.28. The van der Waals surface area contributed by atoms with E-state index in [-0.39, 0.29) is 16.6 Å². The van der Waals surface area contributed by atoms with Crippen LogP contribution >= 0.6 is 7.82 Å². The van der Waals surface area contributed by atoms with Gasteiger partial charge in [0, 0.05) is 0 Å². The predicted molar refractivity (Wildman–Crippen MR) is 91.7 cm³/mol. The van der Waals surface area contributed by atoms with Crippen LogP contribution in [0.25, 0.3) is 0 Å². The van der Waals surface area contributed by atoms with Crippen molar-refractivity contribution in [2.75, 3.05) is 0 Å². The summed E-state index contributed by atoms with van der Waals surface area (Å²) in [5.74, 6) is 0.236. The molecule has 0 aromatic heterocycles. The summed E-state index contributed by atoms with van der Waals surface area (Å²) in [4.78, 5) is 18.3. The second kappa shape index (κ2) is 6.56. The summed E-state index contributed by atoms with van der Waals surface area (Å²) in [5.41, 5.74) is 1.55. The van der Waals surface area contributed by atoms with Crippen LogP contribution in [0.3, 0.4) is 0 Å². The molecule has 0 saturated carbocycles. The number of hydrogen-bond donors (Lipinski definition) is 3. The first kappa shape index (κ1) is 20.2. The summed E-state index contributed by atoms with van der Waals surface area (Å²) < 4.78 is 16.2. The lowest BCUT2D eigenvalue weighted by Gasteiger charge is -2.29. The van der Waals surface area contributed by atoms with Crippen LogP contribution < -0.4 is 0 Å². The summed E-state index contributed by atoms with van der Waals surface area (Å²) in [6, 6.07) is 3.57. The summed E-state index contributed by atoms with van der Waals surface area (Å²) in [5, 5.41) is 10.7. The van der Waals surface area contributed by atoms with Gasteiger partial charge >= 0.3 is 7.82 Å². The molecular formula is C17H29O5P. The van der Waals surface area contributed by atoms with E-state index < -0.39 is 13.9 Å². The van der Waals surface area contributed by atoms with Crippen LogP contribution in [0.1, 0.15) is 77.7 Å². The van der Waals surface area contributed by atoms with Crippen molar-refractivity contribution in [3.05, 3.63) is 28.8 Å². The Balaban J connectivity index is 3.58. The summed E-state index contributed by atoms with van der Waals surface area (Å²) in [7, 11) is -4.59. The third kappa shape index (κ3) is 5.32. The molecule has 132 valence electrons. The number of aromatic hydroxyl groups is 1. The van der Waals surface area contributed by atoms with Gasteiger partial charge in [0.25, 0.3) is 0 Å². The van der Waals surface area contributed by atoms with Gasteiger partial charge in [0.1, 0.15) is 5.75 Å². The molecular weight excluding hydrogens is 315 g/mol. The number of hydrogen-bond acceptors (Lipinski definition) is 3. The molecule has 6 heteroatoms. The molecule has 0 amide bonds. The minimum atomic E-state index is -4.59. The molecule has 0 aliphatic heterocycles. The molecule has 0 fully saturated rings. The first-order valence-corrected chi connectivity index (χ1v) is 9.31. The van der Waals surface area contributed by atoms with Crippen molar-refractivity contribution in [3.8, 4) is 5.75 Å². The lowest BCUT2D eigenvalue weighted by molar-refractivity contribution is 0.130. The van der Waals surface area contributed by atoms with Crippen molar-refractivity contribution in [1.29, 1.82) is 0 Å². The van der Waals surface area contributed by atoms with Crippen LogP contribution in [-0.4, -0.2) is 14.9 Å². The van der Waals surface area contributed by atoms with E-state index >= 15 is 0 Å². The predicted octanol–water partition coefficient (Wildman–Crippen LogP) is 4.55. The van der Waals surface area contributed by atoms with Crippen molar-refractivity contribution in [3.63, 3.8) is 0 Å². The van der Waals surface area contributed by atoms with Gasteiger partial charge in [-0.3, -0.25) is 4.52 Å². The summed E-state index contributed by atoms with van der Waals surface area (Å²) in [6.07, 6.45) is -0.304. The monoisotopic (exact) mass is 344 g/mol. The Kier molecular flexibility index (Phi) is 5.75. The summed E-state index contributed by atoms with van der Waals surface area (Å²) >= 11 is 0. The van der Waals surface area contributed by atoms with Crippen molar-refractivity contribution in [2.24, 2.45) is 0 Å². The third-order valence-electron chi connectivity index (χ3n) is 3.76. The van der Waals surface area contributed by atoms with Gasteiger partial charge in [0.05, 0.1) is 6.10 Å². The maximum absolute atomic E-state index is 11.2. The SMILES string of the molecule is CCC(OP(=O)(O)O)c1cc(C(C)(C)C)c(O)c(C(C)(C)C)c1. The van der Waals surface area contributed by atoms with Crippen LogP contribution in [-0.2, 0) is 19.9 Å². The van der Waals surface area contributed by atoms with E-state index in [9.17, 15) is 9.67 Å². The van der Waals surface area contributed by atoms with Crippen molar-refractivity contribution in [2.45, 2.75) is 71.8 Å². The van der Waals surface area contributed by atoms with Gasteiger partial charge < -0.3 is 14.9 Å². The lowest BCUT2D eigenvalue weighted by atomic mass is 9.78. The second-order valence-electron chi connectivity index (χ2n) is 7.96. The first-order valence-electron chi connectivity index (χ1n) is 7.78. The minimum absolute atomic E-state index is 0.236. The standard InChI is InChI=1S/C17H29O5P/c1-8-14(22-23(19,20)21)11-9-12(16(2,3)4)15(18)13(10-11)17(5,6)7/h9-10,14,18H,8H2,1-7H3,(H2,19,20,21). The molecule has 23 heavy (non-hydrogen) atoms. The van der Waals surface area contributed by atoms with Gasteiger partial charge in [0.2, 0.25) is 0 Å². The van der Waals surface area contributed by atoms with Crippen LogP contribution in [0.5, 0.6) is 5.75 Å². The molecule has 0 spiro atoms. The maximum atomic E-state index is 11.2. The molecule has 0 heterocycles. The number of rotatable bonds is 4. The van der Waals surface area contributed by atoms with Crippen molar-refractivity contribution >= 4 is 7.82 Å². The summed E-state index contributed by atoms with van der Waals surface area (Å²) in [6.45, 7) is 13.7. The molecule has 1 atom stereocenters. The molecule has 0 saturated heterocycles. The zero-order valence-electron chi connectivity index (χ0n) is 15.0. The minimum Gasteiger partial charge on any atom is -0.507 e. The molecule has 1 rings (SSSR count). The topological polar surface area (TPSA) is 87.0 Å². The van der Waals surface area contributed by atoms with Gasteiger partial charge in [-0.15, -0.1) is 0 Å². The molecule has 0 aliphatic carbocycles. The Morgan fingerprint density at radius 3 is 1.70 bits per heavy atom. The number of phosphoric acid groups is 1. The quantitative estimate of drug-likeness (QED) is 0.698. The first-order chi connectivity index (χ1) is 10.2. The lowest BCUT2D eigenvalue weighted by Crippen LogP contribution is -2.18.